The minimum absolute atomic E-state index is 0.0408. The predicted octanol–water partition coefficient (Wildman–Crippen LogP) is 1.06. The molecule has 0 aliphatic rings. The van der Waals surface area contributed by atoms with E-state index in [-0.39, 0.29) is 5.56 Å². The van der Waals surface area contributed by atoms with E-state index < -0.39 is 0 Å². The van der Waals surface area contributed by atoms with Crippen LogP contribution in [-0.2, 0) is 6.54 Å². The Morgan fingerprint density at radius 3 is 3.14 bits per heavy atom. The van der Waals surface area contributed by atoms with Gasteiger partial charge >= 0.3 is 0 Å². The molecule has 2 aromatic rings. The molecule has 0 aliphatic heterocycles. The number of rotatable bonds is 2. The van der Waals surface area contributed by atoms with Gasteiger partial charge in [-0.3, -0.25) is 14.8 Å². The van der Waals surface area contributed by atoms with Gasteiger partial charge in [-0.05, 0) is 6.92 Å². The molecular formula is C9H9N3OS. The summed E-state index contributed by atoms with van der Waals surface area (Å²) in [5.41, 5.74) is 2.24. The molecule has 0 saturated heterocycles. The highest BCUT2D eigenvalue weighted by molar-refractivity contribution is 7.09. The maximum Gasteiger partial charge on any atom is 0.272 e. The van der Waals surface area contributed by atoms with Crippen molar-refractivity contribution in [2.75, 3.05) is 0 Å². The van der Waals surface area contributed by atoms with Crippen molar-refractivity contribution in [1.29, 1.82) is 0 Å². The van der Waals surface area contributed by atoms with Crippen molar-refractivity contribution in [2.45, 2.75) is 13.5 Å². The molecule has 5 heteroatoms. The maximum atomic E-state index is 11.6. The van der Waals surface area contributed by atoms with Crippen LogP contribution in [0.2, 0.25) is 0 Å². The third-order valence-corrected chi connectivity index (χ3v) is 2.66. The van der Waals surface area contributed by atoms with Gasteiger partial charge in [0, 0.05) is 23.5 Å². The molecular weight excluding hydrogens is 198 g/mol. The smallest absolute Gasteiger partial charge is 0.272 e. The van der Waals surface area contributed by atoms with Gasteiger partial charge < -0.3 is 4.57 Å². The van der Waals surface area contributed by atoms with E-state index in [1.54, 1.807) is 46.9 Å². The molecule has 0 unspecified atom stereocenters. The Morgan fingerprint density at radius 1 is 1.57 bits per heavy atom. The monoisotopic (exact) mass is 207 g/mol. The van der Waals surface area contributed by atoms with E-state index in [0.717, 1.165) is 4.88 Å². The number of aromatic nitrogens is 3. The molecule has 0 amide bonds. The summed E-state index contributed by atoms with van der Waals surface area (Å²) in [6, 6.07) is 0. The lowest BCUT2D eigenvalue weighted by atomic mass is 10.4. The minimum atomic E-state index is -0.0408. The molecule has 0 fully saturated rings. The molecule has 0 aliphatic carbocycles. The van der Waals surface area contributed by atoms with Crippen molar-refractivity contribution < 1.29 is 0 Å². The molecule has 0 aromatic carbocycles. The molecule has 0 N–H and O–H groups in total. The summed E-state index contributed by atoms with van der Waals surface area (Å²) in [6.07, 6.45) is 5.10. The first-order valence-corrected chi connectivity index (χ1v) is 5.05. The zero-order valence-corrected chi connectivity index (χ0v) is 8.49. The molecule has 2 rings (SSSR count). The van der Waals surface area contributed by atoms with Gasteiger partial charge in [0.2, 0.25) is 0 Å². The van der Waals surface area contributed by atoms with Gasteiger partial charge in [0.25, 0.3) is 5.56 Å². The van der Waals surface area contributed by atoms with E-state index in [9.17, 15) is 4.79 Å². The summed E-state index contributed by atoms with van der Waals surface area (Å²) in [5, 5.41) is 0. The van der Waals surface area contributed by atoms with Crippen LogP contribution in [0.1, 0.15) is 10.6 Å². The Labute approximate surface area is 84.9 Å². The summed E-state index contributed by atoms with van der Waals surface area (Å²) in [6.45, 7) is 2.29. The van der Waals surface area contributed by atoms with Crippen LogP contribution in [0.25, 0.3) is 0 Å². The Morgan fingerprint density at radius 2 is 2.43 bits per heavy atom. The summed E-state index contributed by atoms with van der Waals surface area (Å²) < 4.78 is 1.63. The molecule has 2 aromatic heterocycles. The lowest BCUT2D eigenvalue weighted by Gasteiger charge is -2.02. The van der Waals surface area contributed by atoms with Gasteiger partial charge in [-0.25, -0.2) is 0 Å². The second kappa shape index (κ2) is 3.71. The fourth-order valence-corrected chi connectivity index (χ4v) is 1.76. The first-order valence-electron chi connectivity index (χ1n) is 4.17. The molecule has 0 saturated carbocycles. The average molecular weight is 207 g/mol. The summed E-state index contributed by atoms with van der Waals surface area (Å²) >= 11 is 1.54. The van der Waals surface area contributed by atoms with Gasteiger partial charge in [-0.15, -0.1) is 11.3 Å². The predicted molar refractivity (Wildman–Crippen MR) is 54.5 cm³/mol. The Balaban J connectivity index is 2.34. The van der Waals surface area contributed by atoms with Crippen LogP contribution in [0.3, 0.4) is 0 Å². The van der Waals surface area contributed by atoms with Gasteiger partial charge in [-0.2, -0.15) is 0 Å². The van der Waals surface area contributed by atoms with Crippen LogP contribution < -0.4 is 5.56 Å². The van der Waals surface area contributed by atoms with Crippen molar-refractivity contribution >= 4 is 11.3 Å². The molecule has 14 heavy (non-hydrogen) atoms. The Bertz CT molecular complexity index is 475. The van der Waals surface area contributed by atoms with E-state index in [1.807, 2.05) is 0 Å². The number of nitrogens with zero attached hydrogens (tertiary/aromatic N) is 3. The molecule has 0 radical (unpaired) electrons. The summed E-state index contributed by atoms with van der Waals surface area (Å²) in [4.78, 5) is 20.5. The summed E-state index contributed by atoms with van der Waals surface area (Å²) in [5.74, 6) is 0. The average Bonchev–Trinajstić information content (AvgIpc) is 2.66. The van der Waals surface area contributed by atoms with E-state index in [4.69, 9.17) is 0 Å². The van der Waals surface area contributed by atoms with Crippen molar-refractivity contribution in [3.8, 4) is 0 Å². The van der Waals surface area contributed by atoms with E-state index in [1.165, 1.54) is 0 Å². The van der Waals surface area contributed by atoms with E-state index >= 15 is 0 Å². The highest BCUT2D eigenvalue weighted by atomic mass is 32.1. The molecule has 0 spiro atoms. The van der Waals surface area contributed by atoms with Crippen LogP contribution in [0, 0.1) is 6.92 Å². The largest absolute Gasteiger partial charge is 0.307 e. The van der Waals surface area contributed by atoms with Crippen molar-refractivity contribution in [1.82, 2.24) is 14.5 Å². The zero-order chi connectivity index (χ0) is 9.97. The highest BCUT2D eigenvalue weighted by Crippen LogP contribution is 2.06. The first-order chi connectivity index (χ1) is 6.77. The maximum absolute atomic E-state index is 11.6. The quantitative estimate of drug-likeness (QED) is 0.739. The third kappa shape index (κ3) is 1.72. The third-order valence-electron chi connectivity index (χ3n) is 1.89. The second-order valence-corrected chi connectivity index (χ2v) is 3.88. The number of hydrogen-bond acceptors (Lipinski definition) is 4. The van der Waals surface area contributed by atoms with Gasteiger partial charge in [0.1, 0.15) is 5.69 Å². The number of thiazole rings is 1. The highest BCUT2D eigenvalue weighted by Gasteiger charge is 2.01. The first kappa shape index (κ1) is 9.08. The van der Waals surface area contributed by atoms with E-state index in [0.29, 0.717) is 12.2 Å². The van der Waals surface area contributed by atoms with Crippen LogP contribution in [-0.4, -0.2) is 14.5 Å². The van der Waals surface area contributed by atoms with Crippen molar-refractivity contribution in [3.05, 3.63) is 45.0 Å². The van der Waals surface area contributed by atoms with Gasteiger partial charge in [0.05, 0.1) is 12.1 Å². The molecule has 0 atom stereocenters. The lowest BCUT2D eigenvalue weighted by Crippen LogP contribution is -2.22. The topological polar surface area (TPSA) is 47.8 Å². The van der Waals surface area contributed by atoms with Crippen LogP contribution in [0.4, 0.5) is 0 Å². The molecule has 4 nitrogen and oxygen atoms in total. The summed E-state index contributed by atoms with van der Waals surface area (Å²) in [7, 11) is 0. The normalized spacial score (nSPS) is 10.4. The zero-order valence-electron chi connectivity index (χ0n) is 7.67. The minimum Gasteiger partial charge on any atom is -0.307 e. The number of aryl methyl sites for hydroxylation is 1. The van der Waals surface area contributed by atoms with Crippen LogP contribution in [0.15, 0.2) is 28.9 Å². The second-order valence-electron chi connectivity index (χ2n) is 2.91. The van der Waals surface area contributed by atoms with Crippen LogP contribution in [0.5, 0.6) is 0 Å². The Kier molecular flexibility index (Phi) is 2.41. The van der Waals surface area contributed by atoms with Crippen LogP contribution >= 0.6 is 11.3 Å². The lowest BCUT2D eigenvalue weighted by molar-refractivity contribution is 0.745. The van der Waals surface area contributed by atoms with Gasteiger partial charge in [0.15, 0.2) is 0 Å². The standard InChI is InChI=1S/C9H9N3OS/c1-7-9(13)12(3-2-11-7)5-8-4-10-6-14-8/h2-4,6H,5H2,1H3. The molecule has 2 heterocycles. The van der Waals surface area contributed by atoms with Crippen molar-refractivity contribution in [2.24, 2.45) is 0 Å². The fourth-order valence-electron chi connectivity index (χ4n) is 1.17. The molecule has 0 bridgehead atoms. The van der Waals surface area contributed by atoms with Gasteiger partial charge in [-0.1, -0.05) is 0 Å². The van der Waals surface area contributed by atoms with E-state index in [2.05, 4.69) is 9.97 Å². The van der Waals surface area contributed by atoms with Crippen molar-refractivity contribution in [3.63, 3.8) is 0 Å². The SMILES string of the molecule is Cc1nccn(Cc2cncs2)c1=O. The number of hydrogen-bond donors (Lipinski definition) is 0. The fraction of sp³-hybridized carbons (Fsp3) is 0.222. The Hall–Kier alpha value is -1.49. The molecule has 72 valence electrons.